The molecule has 0 spiro atoms. The van der Waals surface area contributed by atoms with Crippen LogP contribution in [0.15, 0.2) is 46.3 Å². The third-order valence-electron chi connectivity index (χ3n) is 8.24. The summed E-state index contributed by atoms with van der Waals surface area (Å²) in [6.45, 7) is 9.93. The van der Waals surface area contributed by atoms with Gasteiger partial charge in [0.2, 0.25) is 0 Å². The van der Waals surface area contributed by atoms with Gasteiger partial charge in [0.05, 0.1) is 0 Å². The van der Waals surface area contributed by atoms with Crippen molar-refractivity contribution in [2.75, 3.05) is 39.0 Å². The van der Waals surface area contributed by atoms with Crippen molar-refractivity contribution in [2.24, 2.45) is 13.0 Å². The van der Waals surface area contributed by atoms with Crippen molar-refractivity contribution in [1.82, 2.24) is 18.3 Å². The third-order valence-corrected chi connectivity index (χ3v) is 9.97. The summed E-state index contributed by atoms with van der Waals surface area (Å²) in [6.07, 6.45) is 11.4. The Balaban J connectivity index is 1.25. The predicted molar refractivity (Wildman–Crippen MR) is 188 cm³/mol. The molecule has 0 N–H and O–H groups in total. The Bertz CT molecular complexity index is 1510. The van der Waals surface area contributed by atoms with Crippen molar-refractivity contribution < 1.29 is 16.8 Å². The lowest BCUT2D eigenvalue weighted by molar-refractivity contribution is 0.0143. The number of piperazine rings is 1. The number of amides is 1. The number of aryl methyl sites for hydroxylation is 1. The number of pyridine rings is 1. The van der Waals surface area contributed by atoms with Gasteiger partial charge in [-0.15, -0.1) is 11.8 Å². The fraction of sp³-hybridized carbons (Fsp3) is 0.562. The largest absolute Gasteiger partial charge is 0.489 e. The van der Waals surface area contributed by atoms with Crippen molar-refractivity contribution in [3.05, 3.63) is 47.0 Å². The van der Waals surface area contributed by atoms with E-state index in [1.54, 1.807) is 27.3 Å². The second-order valence-electron chi connectivity index (χ2n) is 12.7. The molecule has 1 atom stereocenters. The first kappa shape index (κ1) is 33.5. The maximum atomic E-state index is 13.1. The average Bonchev–Trinajstić information content (AvgIpc) is 3.76. The Hall–Kier alpha value is -1.87. The molecule has 3 heterocycles. The first-order chi connectivity index (χ1) is 21.1. The number of unbranched alkanes of at least 4 members (excludes halogenated alkanes) is 1. The van der Waals surface area contributed by atoms with Gasteiger partial charge in [0.15, 0.2) is 0 Å². The quantitative estimate of drug-likeness (QED) is 0.0821. The van der Waals surface area contributed by atoms with Crippen molar-refractivity contribution in [3.8, 4) is 16.9 Å². The minimum Gasteiger partial charge on any atom is -0.489 e. The summed E-state index contributed by atoms with van der Waals surface area (Å²) in [5, 5.41) is 0.881. The third kappa shape index (κ3) is 8.28. The summed E-state index contributed by atoms with van der Waals surface area (Å²) in [5.74, 6) is 1.45. The molecule has 240 valence electrons. The van der Waals surface area contributed by atoms with Crippen LogP contribution in [0.5, 0.6) is 5.75 Å². The number of rotatable bonds is 12. The summed E-state index contributed by atoms with van der Waals surface area (Å²) in [7, 11) is 1.79. The van der Waals surface area contributed by atoms with Crippen LogP contribution in [0.3, 0.4) is 0 Å². The van der Waals surface area contributed by atoms with Crippen molar-refractivity contribution in [1.29, 1.82) is 0 Å². The van der Waals surface area contributed by atoms with Gasteiger partial charge in [-0.1, -0.05) is 0 Å². The predicted octanol–water partition coefficient (Wildman–Crippen LogP) is 7.39. The van der Waals surface area contributed by atoms with Crippen LogP contribution in [0.1, 0.15) is 52.9 Å². The molecular formula is C32H43IN4O5S2. The van der Waals surface area contributed by atoms with Gasteiger partial charge < -0.3 is 18.9 Å². The second kappa shape index (κ2) is 14.7. The zero-order valence-corrected chi connectivity index (χ0v) is 30.0. The number of ether oxygens (including phenoxy) is 2. The number of fused-ring (bicyclic) bond motifs is 1. The van der Waals surface area contributed by atoms with Crippen molar-refractivity contribution >= 4 is 64.0 Å². The van der Waals surface area contributed by atoms with Crippen LogP contribution in [0.4, 0.5) is 4.79 Å². The monoisotopic (exact) mass is 754 g/mol. The van der Waals surface area contributed by atoms with E-state index in [9.17, 15) is 9.59 Å². The molecule has 1 saturated heterocycles. The lowest BCUT2D eigenvalue weighted by atomic mass is 10.0. The van der Waals surface area contributed by atoms with E-state index >= 15 is 0 Å². The number of aromatic nitrogens is 2. The molecule has 2 aliphatic rings. The molecule has 9 nitrogen and oxygen atoms in total. The first-order valence-corrected chi connectivity index (χ1v) is 18.1. The topological polar surface area (TPSA) is 78.2 Å². The van der Waals surface area contributed by atoms with E-state index < -0.39 is 5.60 Å². The average molecular weight is 755 g/mol. The Labute approximate surface area is 283 Å². The van der Waals surface area contributed by atoms with Gasteiger partial charge in [-0.05, 0) is 95.9 Å². The minimum absolute atomic E-state index is 0.0692. The number of hydrogen-bond donors (Lipinski definition) is 0. The first-order valence-electron chi connectivity index (χ1n) is 15.3. The van der Waals surface area contributed by atoms with E-state index in [0.29, 0.717) is 24.5 Å². The summed E-state index contributed by atoms with van der Waals surface area (Å²) in [5.41, 5.74) is 2.04. The molecule has 2 fully saturated rings. The molecule has 1 aliphatic heterocycles. The smallest absolute Gasteiger partial charge is 0.410 e. The van der Waals surface area contributed by atoms with Gasteiger partial charge in [-0.2, -0.15) is 0 Å². The molecule has 5 rings (SSSR count). The molecule has 1 amide bonds. The van der Waals surface area contributed by atoms with Gasteiger partial charge in [-0.3, -0.25) is 13.7 Å². The molecule has 0 bridgehead atoms. The lowest BCUT2D eigenvalue weighted by Crippen LogP contribution is -2.50. The summed E-state index contributed by atoms with van der Waals surface area (Å²) in [4.78, 5) is 30.9. The molecule has 2 aromatic heterocycles. The van der Waals surface area contributed by atoms with E-state index in [1.165, 1.54) is 12.8 Å². The minimum atomic E-state index is -0.465. The summed E-state index contributed by atoms with van der Waals surface area (Å²) >= 11 is 4.65. The lowest BCUT2D eigenvalue weighted by Gasteiger charge is -2.35. The van der Waals surface area contributed by atoms with E-state index in [2.05, 4.69) is 29.4 Å². The Morgan fingerprint density at radius 2 is 1.84 bits per heavy atom. The molecule has 1 aliphatic carbocycles. The normalized spacial score (nSPS) is 16.8. The maximum absolute atomic E-state index is 13.1. The van der Waals surface area contributed by atoms with Crippen molar-refractivity contribution in [2.45, 2.75) is 69.5 Å². The van der Waals surface area contributed by atoms with Crippen LogP contribution in [0, 0.1) is 5.92 Å². The molecule has 1 saturated carbocycles. The Morgan fingerprint density at radius 3 is 2.50 bits per heavy atom. The molecule has 1 aromatic carbocycles. The number of halogens is 1. The van der Waals surface area contributed by atoms with Crippen LogP contribution >= 0.6 is 47.0 Å². The number of carbonyl (C=O) groups is 1. The van der Waals surface area contributed by atoms with E-state index in [4.69, 9.17) is 12.0 Å². The van der Waals surface area contributed by atoms with Crippen LogP contribution in [-0.4, -0.2) is 75.1 Å². The number of hydrogen-bond acceptors (Lipinski definition) is 8. The van der Waals surface area contributed by atoms with E-state index in [0.717, 1.165) is 78.3 Å². The van der Waals surface area contributed by atoms with Crippen LogP contribution < -0.4 is 10.3 Å². The highest BCUT2D eigenvalue weighted by Crippen LogP contribution is 2.42. The molecule has 1 unspecified atom stereocenters. The highest BCUT2D eigenvalue weighted by atomic mass is 127. The number of carbonyl (C=O) groups excluding carboxylic acids is 1. The molecule has 3 aromatic rings. The number of nitrogens with zero attached hydrogens (tertiary/aromatic N) is 4. The fourth-order valence-electron chi connectivity index (χ4n) is 5.77. The zero-order valence-electron chi connectivity index (χ0n) is 26.2. The SMILES string of the molecule is CSc1ccc(OC(CCCCN2CCN(C(=O)OC(C)(C)C)CC2)C2CC2)c(-c2cn(C)c(=O)c3c2ccn3SOI)c1. The second-order valence-corrected chi connectivity index (χ2v) is 15.3. The van der Waals surface area contributed by atoms with Gasteiger partial charge in [0.1, 0.15) is 58.2 Å². The zero-order chi connectivity index (χ0) is 31.4. The maximum Gasteiger partial charge on any atom is 0.410 e. The molecule has 12 heteroatoms. The van der Waals surface area contributed by atoms with E-state index in [-0.39, 0.29) is 17.8 Å². The van der Waals surface area contributed by atoms with Gasteiger partial charge in [-0.25, -0.2) is 7.31 Å². The highest BCUT2D eigenvalue weighted by Gasteiger charge is 2.33. The summed E-state index contributed by atoms with van der Waals surface area (Å²) < 4.78 is 21.1. The Morgan fingerprint density at radius 1 is 1.09 bits per heavy atom. The van der Waals surface area contributed by atoms with Gasteiger partial charge in [0, 0.05) is 67.0 Å². The van der Waals surface area contributed by atoms with Crippen LogP contribution in [0.2, 0.25) is 0 Å². The molecular weight excluding hydrogens is 711 g/mol. The Kier molecular flexibility index (Phi) is 11.2. The molecule has 0 radical (unpaired) electrons. The van der Waals surface area contributed by atoms with Crippen LogP contribution in [-0.2, 0) is 14.3 Å². The van der Waals surface area contributed by atoms with Gasteiger partial charge >= 0.3 is 6.09 Å². The van der Waals surface area contributed by atoms with Gasteiger partial charge in [0.25, 0.3) is 5.56 Å². The van der Waals surface area contributed by atoms with Crippen molar-refractivity contribution in [3.63, 3.8) is 0 Å². The summed E-state index contributed by atoms with van der Waals surface area (Å²) in [6, 6.07) is 8.38. The number of thioether (sulfide) groups is 1. The highest BCUT2D eigenvalue weighted by molar-refractivity contribution is 14.1. The van der Waals surface area contributed by atoms with Crippen LogP contribution in [0.25, 0.3) is 22.0 Å². The number of benzene rings is 1. The fourth-order valence-corrected chi connectivity index (χ4v) is 7.15. The van der Waals surface area contributed by atoms with E-state index in [1.807, 2.05) is 67.1 Å². The standard InChI is InChI=1S/C32H43IN4O5S2/c1-32(2,3)41-31(39)36-18-16-35(17-19-36)14-7-6-8-27(22-9-10-22)40-28-12-11-23(43-5)20-25(28)26-21-34(4)30(38)29-24(26)13-15-37(29)44-42-33/h11-13,15,20-22,27H,6-10,14,16-19H2,1-5H3. The molecule has 44 heavy (non-hydrogen) atoms.